The molecule has 1 aliphatic carbocycles. The lowest BCUT2D eigenvalue weighted by Gasteiger charge is -2.18. The highest BCUT2D eigenvalue weighted by atomic mass is 15.0. The van der Waals surface area contributed by atoms with Gasteiger partial charge in [-0.25, -0.2) is 4.98 Å². The fourth-order valence-corrected chi connectivity index (χ4v) is 10.3. The third kappa shape index (κ3) is 4.61. The zero-order valence-electron chi connectivity index (χ0n) is 32.0. The Labute approximate surface area is 340 Å². The van der Waals surface area contributed by atoms with Crippen molar-refractivity contribution in [3.05, 3.63) is 223 Å². The maximum atomic E-state index is 5.29. The van der Waals surface area contributed by atoms with E-state index in [2.05, 4.69) is 215 Å². The first-order valence-electron chi connectivity index (χ1n) is 20.4. The highest BCUT2D eigenvalue weighted by Gasteiger charge is 2.31. The Balaban J connectivity index is 1.04. The second kappa shape index (κ2) is 12.4. The topological polar surface area (TPSA) is 22.8 Å². The molecule has 0 saturated heterocycles. The Morgan fingerprint density at radius 2 is 0.966 bits per heavy atom. The Kier molecular flexibility index (Phi) is 6.78. The number of hydrogen-bond donors (Lipinski definition) is 0. The molecule has 0 radical (unpaired) electrons. The highest BCUT2D eigenvalue weighted by molar-refractivity contribution is 6.27. The van der Waals surface area contributed by atoms with E-state index >= 15 is 0 Å². The van der Waals surface area contributed by atoms with Gasteiger partial charge in [0, 0.05) is 60.6 Å². The molecule has 0 spiro atoms. The molecular formula is C56H35N3. The summed E-state index contributed by atoms with van der Waals surface area (Å²) in [6, 6.07) is 75.6. The maximum Gasteiger partial charge on any atom is 0.0788 e. The maximum absolute atomic E-state index is 5.29. The van der Waals surface area contributed by atoms with Crippen LogP contribution in [0.5, 0.6) is 0 Å². The quantitative estimate of drug-likeness (QED) is 0.164. The van der Waals surface area contributed by atoms with Crippen LogP contribution in [-0.2, 0) is 0 Å². The van der Waals surface area contributed by atoms with Crippen LogP contribution in [0.1, 0.15) is 22.6 Å². The summed E-state index contributed by atoms with van der Waals surface area (Å²) in [5.41, 5.74) is 16.9. The lowest BCUT2D eigenvalue weighted by atomic mass is 9.89. The van der Waals surface area contributed by atoms with Crippen LogP contribution in [0.15, 0.2) is 206 Å². The minimum Gasteiger partial charge on any atom is -0.309 e. The second-order valence-corrected chi connectivity index (χ2v) is 15.8. The van der Waals surface area contributed by atoms with Gasteiger partial charge in [-0.2, -0.15) is 0 Å². The average Bonchev–Trinajstić information content (AvgIpc) is 3.95. The number of aromatic nitrogens is 3. The van der Waals surface area contributed by atoms with Crippen molar-refractivity contribution in [2.24, 2.45) is 0 Å². The number of fused-ring (bicyclic) bond motifs is 13. The van der Waals surface area contributed by atoms with E-state index in [0.29, 0.717) is 0 Å². The van der Waals surface area contributed by atoms with Gasteiger partial charge in [0.25, 0.3) is 0 Å². The molecule has 3 heterocycles. The summed E-state index contributed by atoms with van der Waals surface area (Å²) in [6.45, 7) is 0. The molecule has 1 atom stereocenters. The molecule has 1 aliphatic rings. The van der Waals surface area contributed by atoms with Gasteiger partial charge in [-0.1, -0.05) is 158 Å². The molecule has 0 fully saturated rings. The molecule has 0 bridgehead atoms. The van der Waals surface area contributed by atoms with Gasteiger partial charge in [0.1, 0.15) is 0 Å². The van der Waals surface area contributed by atoms with Crippen LogP contribution < -0.4 is 0 Å². The lowest BCUT2D eigenvalue weighted by molar-refractivity contribution is 1.00. The molecule has 1 unspecified atom stereocenters. The number of rotatable bonds is 4. The van der Waals surface area contributed by atoms with E-state index in [0.717, 1.165) is 33.2 Å². The summed E-state index contributed by atoms with van der Waals surface area (Å²) < 4.78 is 4.93. The molecule has 0 aliphatic heterocycles. The summed E-state index contributed by atoms with van der Waals surface area (Å²) in [7, 11) is 0. The van der Waals surface area contributed by atoms with Gasteiger partial charge >= 0.3 is 0 Å². The average molecular weight is 750 g/mol. The van der Waals surface area contributed by atoms with Gasteiger partial charge in [-0.05, 0) is 76.3 Å². The number of nitrogens with zero attached hydrogens (tertiary/aromatic N) is 3. The Hall–Kier alpha value is -7.75. The predicted molar refractivity (Wildman–Crippen MR) is 246 cm³/mol. The first-order chi connectivity index (χ1) is 29.3. The highest BCUT2D eigenvalue weighted by Crippen LogP contribution is 2.50. The van der Waals surface area contributed by atoms with Crippen molar-refractivity contribution in [1.82, 2.24) is 14.1 Å². The Morgan fingerprint density at radius 3 is 1.75 bits per heavy atom. The van der Waals surface area contributed by atoms with E-state index < -0.39 is 0 Å². The van der Waals surface area contributed by atoms with E-state index in [4.69, 9.17) is 4.98 Å². The van der Waals surface area contributed by atoms with Crippen LogP contribution in [0.25, 0.3) is 99.0 Å². The summed E-state index contributed by atoms with van der Waals surface area (Å²) >= 11 is 0. The van der Waals surface area contributed by atoms with Crippen LogP contribution in [0.4, 0.5) is 0 Å². The van der Waals surface area contributed by atoms with Crippen molar-refractivity contribution in [3.8, 4) is 33.8 Å². The van der Waals surface area contributed by atoms with Crippen LogP contribution >= 0.6 is 0 Å². The van der Waals surface area contributed by atoms with Crippen molar-refractivity contribution in [2.75, 3.05) is 0 Å². The standard InChI is InChI=1S/C56H35N3/c1-2-15-35(16-3-1)55-47-32-31-45-42-22-9-13-28-52(42)59(56(45)54(47)46-24-6-10-25-49(46)57-55)37-18-14-17-36(33-37)53-43-23-5-4-19-39(43)48-34-38(29-30-44(48)53)58-50-26-11-7-20-40(50)41-21-8-12-27-51(41)58/h1-34,53H. The fraction of sp³-hybridized carbons (Fsp3) is 0.0179. The SMILES string of the molecule is c1ccc(-c2nc3ccccc3c3c2ccc2c4ccccc4n(-c4cccc(C5c6ccccc6-c6cc(-n7c8ccccc8c8ccccc87)ccc65)c4)c23)cc1. The zero-order chi connectivity index (χ0) is 38.6. The van der Waals surface area contributed by atoms with Gasteiger partial charge in [0.05, 0.1) is 33.3 Å². The molecule has 0 N–H and O–H groups in total. The largest absolute Gasteiger partial charge is 0.309 e. The van der Waals surface area contributed by atoms with E-state index in [1.807, 2.05) is 0 Å². The summed E-state index contributed by atoms with van der Waals surface area (Å²) in [5.74, 6) is 0.0906. The van der Waals surface area contributed by atoms with E-state index in [1.54, 1.807) is 0 Å². The number of hydrogen-bond acceptors (Lipinski definition) is 1. The minimum absolute atomic E-state index is 0.0906. The molecule has 274 valence electrons. The number of pyridine rings is 1. The van der Waals surface area contributed by atoms with E-state index in [9.17, 15) is 0 Å². The van der Waals surface area contributed by atoms with Gasteiger partial charge in [0.2, 0.25) is 0 Å². The number of para-hydroxylation sites is 4. The van der Waals surface area contributed by atoms with Crippen molar-refractivity contribution in [2.45, 2.75) is 5.92 Å². The summed E-state index contributed by atoms with van der Waals surface area (Å²) in [5, 5.41) is 8.57. The molecule has 13 rings (SSSR count). The fourth-order valence-electron chi connectivity index (χ4n) is 10.3. The molecule has 3 aromatic heterocycles. The molecule has 3 heteroatoms. The van der Waals surface area contributed by atoms with Gasteiger partial charge in [-0.15, -0.1) is 0 Å². The van der Waals surface area contributed by atoms with E-state index in [1.165, 1.54) is 82.5 Å². The normalized spacial score (nSPS) is 13.6. The first kappa shape index (κ1) is 32.3. The van der Waals surface area contributed by atoms with Crippen LogP contribution in [0, 0.1) is 0 Å². The minimum atomic E-state index is 0.0906. The number of benzene rings is 9. The third-order valence-corrected chi connectivity index (χ3v) is 12.8. The molecule has 3 nitrogen and oxygen atoms in total. The Morgan fingerprint density at radius 1 is 0.373 bits per heavy atom. The zero-order valence-corrected chi connectivity index (χ0v) is 32.0. The van der Waals surface area contributed by atoms with Crippen LogP contribution in [0.3, 0.4) is 0 Å². The van der Waals surface area contributed by atoms with Crippen molar-refractivity contribution in [1.29, 1.82) is 0 Å². The van der Waals surface area contributed by atoms with Gasteiger partial charge < -0.3 is 9.13 Å². The van der Waals surface area contributed by atoms with Gasteiger partial charge in [-0.3, -0.25) is 0 Å². The van der Waals surface area contributed by atoms with E-state index in [-0.39, 0.29) is 5.92 Å². The van der Waals surface area contributed by atoms with Crippen molar-refractivity contribution in [3.63, 3.8) is 0 Å². The van der Waals surface area contributed by atoms with Crippen LogP contribution in [0.2, 0.25) is 0 Å². The van der Waals surface area contributed by atoms with Crippen molar-refractivity contribution < 1.29 is 0 Å². The summed E-state index contributed by atoms with van der Waals surface area (Å²) in [4.78, 5) is 5.29. The summed E-state index contributed by atoms with van der Waals surface area (Å²) in [6.07, 6.45) is 0. The molecular weight excluding hydrogens is 715 g/mol. The smallest absolute Gasteiger partial charge is 0.0788 e. The third-order valence-electron chi connectivity index (χ3n) is 12.8. The molecule has 0 amide bonds. The molecule has 12 aromatic rings. The monoisotopic (exact) mass is 749 g/mol. The predicted octanol–water partition coefficient (Wildman–Crippen LogP) is 14.4. The lowest BCUT2D eigenvalue weighted by Crippen LogP contribution is -2.02. The van der Waals surface area contributed by atoms with Crippen LogP contribution in [-0.4, -0.2) is 14.1 Å². The molecule has 9 aromatic carbocycles. The van der Waals surface area contributed by atoms with Gasteiger partial charge in [0.15, 0.2) is 0 Å². The second-order valence-electron chi connectivity index (χ2n) is 15.8. The van der Waals surface area contributed by atoms with Crippen molar-refractivity contribution >= 4 is 65.3 Å². The first-order valence-corrected chi connectivity index (χ1v) is 20.4. The molecule has 59 heavy (non-hydrogen) atoms. The molecule has 0 saturated carbocycles. The Bertz CT molecular complexity index is 3630.